The lowest BCUT2D eigenvalue weighted by atomic mass is 10.4. The number of hydrogen-bond acceptors (Lipinski definition) is 4. The van der Waals surface area contributed by atoms with Gasteiger partial charge in [0.2, 0.25) is 0 Å². The van der Waals surface area contributed by atoms with Crippen molar-refractivity contribution in [2.24, 2.45) is 0 Å². The number of hydrogen-bond donors (Lipinski definition) is 1. The molecule has 1 rings (SSSR count). The van der Waals surface area contributed by atoms with Crippen LogP contribution >= 0.6 is 0 Å². The fourth-order valence-electron chi connectivity index (χ4n) is 1.61. The lowest BCUT2D eigenvalue weighted by Crippen LogP contribution is -2.40. The van der Waals surface area contributed by atoms with E-state index in [9.17, 15) is 22.8 Å². The third-order valence-corrected chi connectivity index (χ3v) is 2.54. The number of nitrogens with two attached hydrogens (primary N) is 1. The highest BCUT2D eigenvalue weighted by Crippen LogP contribution is 2.14. The molecule has 0 radical (unpaired) electrons. The van der Waals surface area contributed by atoms with E-state index in [1.165, 1.54) is 10.8 Å². The van der Waals surface area contributed by atoms with E-state index in [0.29, 0.717) is 6.54 Å². The molecule has 0 amide bonds. The lowest BCUT2D eigenvalue weighted by Gasteiger charge is -2.10. The van der Waals surface area contributed by atoms with Gasteiger partial charge in [0.1, 0.15) is 12.3 Å². The van der Waals surface area contributed by atoms with Crippen LogP contribution in [0, 0.1) is 0 Å². The Labute approximate surface area is 112 Å². The van der Waals surface area contributed by atoms with Crippen LogP contribution in [0.1, 0.15) is 13.3 Å². The van der Waals surface area contributed by atoms with Crippen LogP contribution in [-0.2, 0) is 17.8 Å². The molecule has 0 aromatic carbocycles. The lowest BCUT2D eigenvalue weighted by molar-refractivity contribution is -0.174. The van der Waals surface area contributed by atoms with E-state index in [-0.39, 0.29) is 25.3 Å². The van der Waals surface area contributed by atoms with Crippen molar-refractivity contribution in [2.45, 2.75) is 32.6 Å². The highest BCUT2D eigenvalue weighted by molar-refractivity contribution is 5.30. The molecule has 0 saturated carbocycles. The van der Waals surface area contributed by atoms with Crippen LogP contribution in [0.4, 0.5) is 18.9 Å². The summed E-state index contributed by atoms with van der Waals surface area (Å²) in [5.74, 6) is 0. The summed E-state index contributed by atoms with van der Waals surface area (Å²) in [4.78, 5) is 23.5. The van der Waals surface area contributed by atoms with E-state index < -0.39 is 24.0 Å². The summed E-state index contributed by atoms with van der Waals surface area (Å²) >= 11 is 0. The summed E-state index contributed by atoms with van der Waals surface area (Å²) in [6, 6.07) is 0. The van der Waals surface area contributed by atoms with Crippen LogP contribution < -0.4 is 17.0 Å². The molecule has 0 fully saturated rings. The maximum absolute atomic E-state index is 11.8. The number of aromatic nitrogens is 2. The van der Waals surface area contributed by atoms with Gasteiger partial charge >= 0.3 is 11.9 Å². The van der Waals surface area contributed by atoms with Crippen LogP contribution in [0.3, 0.4) is 0 Å². The minimum Gasteiger partial charge on any atom is -0.393 e. The van der Waals surface area contributed by atoms with Gasteiger partial charge < -0.3 is 10.5 Å². The van der Waals surface area contributed by atoms with Crippen molar-refractivity contribution in [1.29, 1.82) is 0 Å². The standard InChI is InChI=1S/C11H16F3N3O3/c1-2-16-6-8(15)9(18)17(10(16)19)4-3-5-20-7-11(12,13)14/h6H,2-5,7,15H2,1H3. The Morgan fingerprint density at radius 1 is 1.35 bits per heavy atom. The van der Waals surface area contributed by atoms with Gasteiger partial charge in [0.15, 0.2) is 0 Å². The van der Waals surface area contributed by atoms with Gasteiger partial charge in [-0.3, -0.25) is 13.9 Å². The molecule has 0 saturated heterocycles. The Hall–Kier alpha value is -1.77. The summed E-state index contributed by atoms with van der Waals surface area (Å²) in [5.41, 5.74) is 4.22. The topological polar surface area (TPSA) is 79.2 Å². The zero-order valence-corrected chi connectivity index (χ0v) is 10.9. The molecule has 0 atom stereocenters. The molecular weight excluding hydrogens is 279 g/mol. The number of nitrogens with zero attached hydrogens (tertiary/aromatic N) is 2. The van der Waals surface area contributed by atoms with Gasteiger partial charge in [-0.2, -0.15) is 13.2 Å². The van der Waals surface area contributed by atoms with E-state index in [1.807, 2.05) is 0 Å². The SMILES string of the molecule is CCn1cc(N)c(=O)n(CCCOCC(F)(F)F)c1=O. The van der Waals surface area contributed by atoms with E-state index in [1.54, 1.807) is 6.92 Å². The Morgan fingerprint density at radius 3 is 2.55 bits per heavy atom. The highest BCUT2D eigenvalue weighted by atomic mass is 19.4. The van der Waals surface area contributed by atoms with Crippen LogP contribution in [0.5, 0.6) is 0 Å². The molecule has 0 bridgehead atoms. The number of ether oxygens (including phenoxy) is 1. The van der Waals surface area contributed by atoms with Gasteiger partial charge in [0, 0.05) is 25.9 Å². The molecule has 1 heterocycles. The molecule has 2 N–H and O–H groups in total. The Kier molecular flexibility index (Phi) is 5.37. The maximum atomic E-state index is 11.8. The third-order valence-electron chi connectivity index (χ3n) is 2.54. The molecule has 1 aromatic rings. The molecule has 0 spiro atoms. The molecule has 6 nitrogen and oxygen atoms in total. The van der Waals surface area contributed by atoms with Crippen molar-refractivity contribution in [3.8, 4) is 0 Å². The van der Waals surface area contributed by atoms with Gasteiger partial charge in [0.25, 0.3) is 5.56 Å². The fourth-order valence-corrected chi connectivity index (χ4v) is 1.61. The van der Waals surface area contributed by atoms with Gasteiger partial charge in [-0.05, 0) is 13.3 Å². The van der Waals surface area contributed by atoms with Crippen molar-refractivity contribution < 1.29 is 17.9 Å². The van der Waals surface area contributed by atoms with Crippen molar-refractivity contribution in [3.63, 3.8) is 0 Å². The molecule has 9 heteroatoms. The van der Waals surface area contributed by atoms with Crippen LogP contribution in [0.25, 0.3) is 0 Å². The zero-order chi connectivity index (χ0) is 15.3. The predicted octanol–water partition coefficient (Wildman–Crippen LogP) is 0.581. The summed E-state index contributed by atoms with van der Waals surface area (Å²) in [6.07, 6.45) is -3.03. The van der Waals surface area contributed by atoms with Crippen LogP contribution in [-0.4, -0.2) is 28.5 Å². The third kappa shape index (κ3) is 4.41. The van der Waals surface area contributed by atoms with Crippen molar-refractivity contribution in [2.75, 3.05) is 18.9 Å². The number of aryl methyl sites for hydroxylation is 1. The minimum atomic E-state index is -4.39. The summed E-state index contributed by atoms with van der Waals surface area (Å²) in [5, 5.41) is 0. The molecule has 0 unspecified atom stereocenters. The summed E-state index contributed by atoms with van der Waals surface area (Å²) in [6.45, 7) is 0.459. The molecule has 0 aliphatic carbocycles. The van der Waals surface area contributed by atoms with Gasteiger partial charge in [-0.15, -0.1) is 0 Å². The van der Waals surface area contributed by atoms with Crippen molar-refractivity contribution >= 4 is 5.69 Å². The highest BCUT2D eigenvalue weighted by Gasteiger charge is 2.27. The van der Waals surface area contributed by atoms with E-state index >= 15 is 0 Å². The van der Waals surface area contributed by atoms with Crippen LogP contribution in [0.15, 0.2) is 15.8 Å². The first-order valence-electron chi connectivity index (χ1n) is 6.00. The molecular formula is C11H16F3N3O3. The number of alkyl halides is 3. The van der Waals surface area contributed by atoms with Crippen molar-refractivity contribution in [3.05, 3.63) is 27.0 Å². The first kappa shape index (κ1) is 16.3. The van der Waals surface area contributed by atoms with Crippen LogP contribution in [0.2, 0.25) is 0 Å². The molecule has 1 aromatic heterocycles. The maximum Gasteiger partial charge on any atom is 0.411 e. The first-order chi connectivity index (χ1) is 9.26. The average Bonchev–Trinajstić information content (AvgIpc) is 2.35. The average molecular weight is 295 g/mol. The number of anilines is 1. The molecule has 0 aliphatic heterocycles. The normalized spacial score (nSPS) is 11.8. The first-order valence-corrected chi connectivity index (χ1v) is 6.00. The fraction of sp³-hybridized carbons (Fsp3) is 0.636. The second-order valence-corrected chi connectivity index (χ2v) is 4.13. The number of nitrogen functional groups attached to an aromatic ring is 1. The van der Waals surface area contributed by atoms with E-state index in [2.05, 4.69) is 4.74 Å². The van der Waals surface area contributed by atoms with Gasteiger partial charge in [0.05, 0.1) is 0 Å². The van der Waals surface area contributed by atoms with E-state index in [4.69, 9.17) is 5.73 Å². The molecule has 114 valence electrons. The number of halogens is 3. The van der Waals surface area contributed by atoms with Gasteiger partial charge in [-0.25, -0.2) is 4.79 Å². The predicted molar refractivity (Wildman–Crippen MR) is 66.5 cm³/mol. The molecule has 20 heavy (non-hydrogen) atoms. The summed E-state index contributed by atoms with van der Waals surface area (Å²) < 4.78 is 42.1. The monoisotopic (exact) mass is 295 g/mol. The Bertz CT molecular complexity index is 563. The summed E-state index contributed by atoms with van der Waals surface area (Å²) in [7, 11) is 0. The number of rotatable bonds is 6. The van der Waals surface area contributed by atoms with Gasteiger partial charge in [-0.1, -0.05) is 0 Å². The largest absolute Gasteiger partial charge is 0.411 e. The second kappa shape index (κ2) is 6.60. The molecule has 0 aliphatic rings. The Morgan fingerprint density at radius 2 is 2.00 bits per heavy atom. The second-order valence-electron chi connectivity index (χ2n) is 4.13. The minimum absolute atomic E-state index is 0.0411. The van der Waals surface area contributed by atoms with E-state index in [0.717, 1.165) is 4.57 Å². The smallest absolute Gasteiger partial charge is 0.393 e. The zero-order valence-electron chi connectivity index (χ0n) is 10.9. The quantitative estimate of drug-likeness (QED) is 0.779. The Balaban J connectivity index is 2.67. The van der Waals surface area contributed by atoms with Crippen molar-refractivity contribution in [1.82, 2.24) is 9.13 Å².